The molecule has 0 saturated heterocycles. The van der Waals surface area contributed by atoms with Crippen molar-refractivity contribution in [2.75, 3.05) is 10.6 Å². The summed E-state index contributed by atoms with van der Waals surface area (Å²) >= 11 is 2.12. The molecular formula is C19H18N6O4S2. The smallest absolute Gasteiger partial charge is 0.356 e. The number of nitrogens with zero attached hydrogens (tertiary/aromatic N) is 3. The number of hydrogen-bond donors (Lipinski definition) is 4. The summed E-state index contributed by atoms with van der Waals surface area (Å²) in [4.78, 5) is 51.9. The number of H-pyrrole nitrogens is 1. The number of aromatic carboxylic acids is 1. The Labute approximate surface area is 184 Å². The van der Waals surface area contributed by atoms with E-state index in [0.29, 0.717) is 15.1 Å². The fraction of sp³-hybridized carbons (Fsp3) is 0.263. The van der Waals surface area contributed by atoms with Crippen LogP contribution in [0.15, 0.2) is 40.1 Å². The Morgan fingerprint density at radius 3 is 2.65 bits per heavy atom. The quantitative estimate of drug-likeness (QED) is 0.386. The van der Waals surface area contributed by atoms with Crippen molar-refractivity contribution < 1.29 is 19.5 Å². The molecule has 1 fully saturated rings. The summed E-state index contributed by atoms with van der Waals surface area (Å²) in [5.41, 5.74) is 0.348. The number of pyridine rings is 1. The van der Waals surface area contributed by atoms with Gasteiger partial charge in [-0.3, -0.25) is 15.1 Å². The van der Waals surface area contributed by atoms with Crippen LogP contribution in [0.1, 0.15) is 46.7 Å². The van der Waals surface area contributed by atoms with Crippen LogP contribution in [-0.4, -0.2) is 42.8 Å². The van der Waals surface area contributed by atoms with Gasteiger partial charge in [0.25, 0.3) is 0 Å². The summed E-state index contributed by atoms with van der Waals surface area (Å²) in [6.45, 7) is 0. The van der Waals surface area contributed by atoms with Crippen LogP contribution in [0.2, 0.25) is 0 Å². The average Bonchev–Trinajstić information content (AvgIpc) is 3.50. The van der Waals surface area contributed by atoms with Gasteiger partial charge >= 0.3 is 12.0 Å². The van der Waals surface area contributed by atoms with Gasteiger partial charge in [0.2, 0.25) is 0 Å². The number of aromatic amines is 1. The van der Waals surface area contributed by atoms with Crippen LogP contribution >= 0.6 is 23.1 Å². The number of nitrogens with one attached hydrogen (secondary N) is 3. The van der Waals surface area contributed by atoms with Crippen LogP contribution < -0.4 is 10.6 Å². The molecule has 12 heteroatoms. The van der Waals surface area contributed by atoms with Gasteiger partial charge in [-0.15, -0.1) is 0 Å². The summed E-state index contributed by atoms with van der Waals surface area (Å²) in [6.07, 6.45) is 8.37. The summed E-state index contributed by atoms with van der Waals surface area (Å²) in [7, 11) is 0. The Hall–Kier alpha value is -3.25. The topological polar surface area (TPSA) is 150 Å². The summed E-state index contributed by atoms with van der Waals surface area (Å²) in [5, 5.41) is 15.2. The highest BCUT2D eigenvalue weighted by atomic mass is 32.2. The molecule has 0 atom stereocenters. The van der Waals surface area contributed by atoms with Crippen molar-refractivity contribution >= 4 is 51.7 Å². The van der Waals surface area contributed by atoms with E-state index in [4.69, 9.17) is 0 Å². The van der Waals surface area contributed by atoms with Gasteiger partial charge in [-0.25, -0.2) is 19.6 Å². The van der Waals surface area contributed by atoms with Crippen molar-refractivity contribution in [3.8, 4) is 0 Å². The maximum atomic E-state index is 12.8. The zero-order chi connectivity index (χ0) is 21.8. The molecule has 4 N–H and O–H groups in total. The predicted octanol–water partition coefficient (Wildman–Crippen LogP) is 4.13. The fourth-order valence-electron chi connectivity index (χ4n) is 3.29. The molecule has 1 aliphatic carbocycles. The molecule has 1 aliphatic rings. The van der Waals surface area contributed by atoms with Crippen LogP contribution in [0.25, 0.3) is 0 Å². The molecule has 0 aromatic carbocycles. The number of amides is 2. The summed E-state index contributed by atoms with van der Waals surface area (Å²) < 4.78 is 0.372. The normalized spacial score (nSPS) is 13.8. The van der Waals surface area contributed by atoms with Crippen LogP contribution in [0, 0.1) is 5.92 Å². The number of carbonyl (C=O) groups is 3. The lowest BCUT2D eigenvalue weighted by Gasteiger charge is -2.12. The number of aromatic nitrogens is 4. The lowest BCUT2D eigenvalue weighted by atomic mass is 9.99. The third-order valence-electron chi connectivity index (χ3n) is 4.70. The van der Waals surface area contributed by atoms with Gasteiger partial charge in [-0.2, -0.15) is 0 Å². The zero-order valence-electron chi connectivity index (χ0n) is 16.1. The number of carboxylic acid groups (broad SMARTS) is 1. The summed E-state index contributed by atoms with van der Waals surface area (Å²) in [5.74, 6) is -1.36. The molecule has 1 saturated carbocycles. The number of Topliss-reactive ketones (excluding diaryl/α,β-unsaturated/α-hetero) is 1. The molecule has 10 nitrogen and oxygen atoms in total. The second-order valence-electron chi connectivity index (χ2n) is 6.78. The average molecular weight is 459 g/mol. The number of carboxylic acids is 1. The second kappa shape index (κ2) is 9.27. The van der Waals surface area contributed by atoms with Crippen molar-refractivity contribution in [2.24, 2.45) is 5.92 Å². The molecule has 0 spiro atoms. The van der Waals surface area contributed by atoms with E-state index < -0.39 is 12.0 Å². The van der Waals surface area contributed by atoms with E-state index in [0.717, 1.165) is 48.8 Å². The monoisotopic (exact) mass is 458 g/mol. The van der Waals surface area contributed by atoms with Crippen molar-refractivity contribution in [2.45, 2.75) is 35.0 Å². The standard InChI is InChI=1S/C19H18N6O4S2/c26-14(10-4-1-2-5-10)12-11(6-3-7-20-12)23-17(29)25-19-24-13(15(27)28)16(31-19)30-18-21-8-9-22-18/h3,6-10H,1-2,4-5H2,(H,21,22)(H,27,28)(H2,23,24,25,29). The number of carbonyl (C=O) groups excluding carboxylic acids is 2. The Bertz CT molecular complexity index is 1110. The Balaban J connectivity index is 1.48. The zero-order valence-corrected chi connectivity index (χ0v) is 17.8. The molecule has 0 aliphatic heterocycles. The first-order chi connectivity index (χ1) is 15.0. The maximum Gasteiger partial charge on any atom is 0.356 e. The van der Waals surface area contributed by atoms with E-state index in [1.807, 2.05) is 0 Å². The van der Waals surface area contributed by atoms with Gasteiger partial charge in [0.1, 0.15) is 9.90 Å². The van der Waals surface area contributed by atoms with Crippen LogP contribution in [-0.2, 0) is 0 Å². The minimum atomic E-state index is -1.21. The second-order valence-corrected chi connectivity index (χ2v) is 9.04. The lowest BCUT2D eigenvalue weighted by Crippen LogP contribution is -2.23. The van der Waals surface area contributed by atoms with E-state index in [1.54, 1.807) is 24.5 Å². The predicted molar refractivity (Wildman–Crippen MR) is 115 cm³/mol. The molecule has 160 valence electrons. The maximum absolute atomic E-state index is 12.8. The van der Waals surface area contributed by atoms with E-state index in [2.05, 4.69) is 30.6 Å². The first-order valence-corrected chi connectivity index (χ1v) is 11.1. The highest BCUT2D eigenvalue weighted by molar-refractivity contribution is 8.01. The number of anilines is 2. The van der Waals surface area contributed by atoms with Crippen molar-refractivity contribution in [3.63, 3.8) is 0 Å². The van der Waals surface area contributed by atoms with Crippen molar-refractivity contribution in [1.29, 1.82) is 0 Å². The van der Waals surface area contributed by atoms with Crippen LogP contribution in [0.5, 0.6) is 0 Å². The van der Waals surface area contributed by atoms with E-state index in [9.17, 15) is 19.5 Å². The highest BCUT2D eigenvalue weighted by Crippen LogP contribution is 2.36. The molecular weight excluding hydrogens is 440 g/mol. The number of thiazole rings is 1. The Morgan fingerprint density at radius 2 is 1.94 bits per heavy atom. The number of ketones is 1. The largest absolute Gasteiger partial charge is 0.476 e. The van der Waals surface area contributed by atoms with Gasteiger partial charge < -0.3 is 15.4 Å². The van der Waals surface area contributed by atoms with Gasteiger partial charge in [-0.1, -0.05) is 24.2 Å². The molecule has 3 aromatic rings. The minimum absolute atomic E-state index is 0.0724. The first-order valence-electron chi connectivity index (χ1n) is 9.50. The number of hydrogen-bond acceptors (Lipinski definition) is 8. The third-order valence-corrected chi connectivity index (χ3v) is 6.76. The third kappa shape index (κ3) is 4.91. The molecule has 0 radical (unpaired) electrons. The van der Waals surface area contributed by atoms with Gasteiger partial charge in [0.05, 0.1) is 5.69 Å². The molecule has 3 heterocycles. The molecule has 4 rings (SSSR count). The highest BCUT2D eigenvalue weighted by Gasteiger charge is 2.27. The van der Waals surface area contributed by atoms with Crippen molar-refractivity contribution in [1.82, 2.24) is 19.9 Å². The molecule has 0 bridgehead atoms. The van der Waals surface area contributed by atoms with Crippen molar-refractivity contribution in [3.05, 3.63) is 42.1 Å². The SMILES string of the molecule is O=C(Nc1nc(C(=O)O)c(Sc2ncc[nH]2)s1)Nc1cccnc1C(=O)C1CCCC1. The van der Waals surface area contributed by atoms with E-state index in [-0.39, 0.29) is 28.2 Å². The fourth-order valence-corrected chi connectivity index (χ4v) is 5.26. The molecule has 31 heavy (non-hydrogen) atoms. The van der Waals surface area contributed by atoms with E-state index >= 15 is 0 Å². The molecule has 3 aromatic heterocycles. The number of imidazole rings is 1. The number of urea groups is 1. The minimum Gasteiger partial charge on any atom is -0.476 e. The number of rotatable bonds is 7. The van der Waals surface area contributed by atoms with Crippen LogP contribution in [0.3, 0.4) is 0 Å². The molecule has 0 unspecified atom stereocenters. The summed E-state index contributed by atoms with van der Waals surface area (Å²) in [6, 6.07) is 2.59. The first kappa shape index (κ1) is 21.0. The van der Waals surface area contributed by atoms with E-state index in [1.165, 1.54) is 6.20 Å². The van der Waals surface area contributed by atoms with Gasteiger partial charge in [0, 0.05) is 24.5 Å². The Morgan fingerprint density at radius 1 is 1.13 bits per heavy atom. The van der Waals surface area contributed by atoms with Gasteiger partial charge in [-0.05, 0) is 36.7 Å². The van der Waals surface area contributed by atoms with Gasteiger partial charge in [0.15, 0.2) is 21.8 Å². The Kier molecular flexibility index (Phi) is 6.28. The molecule has 2 amide bonds. The lowest BCUT2D eigenvalue weighted by molar-refractivity contribution is 0.0687. The van der Waals surface area contributed by atoms with Crippen LogP contribution in [0.4, 0.5) is 15.6 Å².